The summed E-state index contributed by atoms with van der Waals surface area (Å²) in [7, 11) is 1.51. The molecule has 0 saturated heterocycles. The predicted octanol–water partition coefficient (Wildman–Crippen LogP) is 0.662. The maximum atomic E-state index is 11.5. The third-order valence-electron chi connectivity index (χ3n) is 1.83. The van der Waals surface area contributed by atoms with Crippen LogP contribution >= 0.6 is 11.3 Å². The van der Waals surface area contributed by atoms with Gasteiger partial charge in [-0.05, 0) is 0 Å². The number of imidazole rings is 1. The van der Waals surface area contributed by atoms with Crippen molar-refractivity contribution in [2.75, 3.05) is 13.8 Å². The molecule has 0 unspecified atom stereocenters. The summed E-state index contributed by atoms with van der Waals surface area (Å²) in [5, 5.41) is 4.97. The first-order chi connectivity index (χ1) is 7.81. The second kappa shape index (κ2) is 4.86. The van der Waals surface area contributed by atoms with E-state index in [4.69, 9.17) is 4.74 Å². The Morgan fingerprint density at radius 3 is 3.25 bits per heavy atom. The fourth-order valence-electron chi connectivity index (χ4n) is 1.09. The van der Waals surface area contributed by atoms with Gasteiger partial charge in [0.05, 0.1) is 0 Å². The molecule has 84 valence electrons. The van der Waals surface area contributed by atoms with Gasteiger partial charge in [0.1, 0.15) is 18.8 Å². The second-order valence-electron chi connectivity index (χ2n) is 2.92. The molecular weight excluding hydrogens is 228 g/mol. The summed E-state index contributed by atoms with van der Waals surface area (Å²) in [6, 6.07) is 0. The summed E-state index contributed by atoms with van der Waals surface area (Å²) < 4.78 is 6.49. The molecule has 1 amide bonds. The van der Waals surface area contributed by atoms with Crippen LogP contribution in [0.1, 0.15) is 10.5 Å². The highest BCUT2D eigenvalue weighted by molar-refractivity contribution is 7.12. The number of ether oxygens (including phenoxy) is 1. The zero-order chi connectivity index (χ0) is 11.4. The van der Waals surface area contributed by atoms with E-state index in [0.717, 1.165) is 0 Å². The van der Waals surface area contributed by atoms with Crippen molar-refractivity contribution >= 4 is 17.2 Å². The molecule has 0 saturated carbocycles. The Bertz CT molecular complexity index is 466. The van der Waals surface area contributed by atoms with Crippen molar-refractivity contribution < 1.29 is 9.53 Å². The fraction of sp³-hybridized carbons (Fsp3) is 0.222. The van der Waals surface area contributed by atoms with E-state index in [1.165, 1.54) is 18.4 Å². The van der Waals surface area contributed by atoms with Gasteiger partial charge < -0.3 is 10.1 Å². The van der Waals surface area contributed by atoms with Crippen molar-refractivity contribution in [2.24, 2.45) is 0 Å². The molecule has 0 fully saturated rings. The molecule has 16 heavy (non-hydrogen) atoms. The molecule has 1 N–H and O–H groups in total. The van der Waals surface area contributed by atoms with Crippen LogP contribution in [-0.2, 0) is 4.74 Å². The van der Waals surface area contributed by atoms with E-state index >= 15 is 0 Å². The van der Waals surface area contributed by atoms with Crippen LogP contribution in [0.3, 0.4) is 0 Å². The van der Waals surface area contributed by atoms with Gasteiger partial charge in [0, 0.05) is 24.9 Å². The standard InChI is InChI=1S/C9H10N4O2S/c1-15-6-11-8(14)7-4-16-9(12-7)13-3-2-10-5-13/h2-5H,6H2,1H3,(H,11,14). The molecule has 0 atom stereocenters. The summed E-state index contributed by atoms with van der Waals surface area (Å²) in [4.78, 5) is 19.6. The van der Waals surface area contributed by atoms with Crippen LogP contribution in [-0.4, -0.2) is 34.3 Å². The second-order valence-corrected chi connectivity index (χ2v) is 3.76. The van der Waals surface area contributed by atoms with Crippen LogP contribution in [0.4, 0.5) is 0 Å². The minimum absolute atomic E-state index is 0.177. The number of amides is 1. The first-order valence-corrected chi connectivity index (χ1v) is 5.40. The van der Waals surface area contributed by atoms with Crippen molar-refractivity contribution in [1.29, 1.82) is 0 Å². The molecule has 2 rings (SSSR count). The average molecular weight is 238 g/mol. The Morgan fingerprint density at radius 2 is 2.56 bits per heavy atom. The predicted molar refractivity (Wildman–Crippen MR) is 58.6 cm³/mol. The average Bonchev–Trinajstić information content (AvgIpc) is 2.94. The Morgan fingerprint density at radius 1 is 1.69 bits per heavy atom. The monoisotopic (exact) mass is 238 g/mol. The van der Waals surface area contributed by atoms with E-state index in [9.17, 15) is 4.79 Å². The van der Waals surface area contributed by atoms with Gasteiger partial charge in [0.15, 0.2) is 5.13 Å². The van der Waals surface area contributed by atoms with Crippen LogP contribution in [0, 0.1) is 0 Å². The Labute approximate surface area is 95.9 Å². The molecule has 0 spiro atoms. The quantitative estimate of drug-likeness (QED) is 0.794. The van der Waals surface area contributed by atoms with Crippen molar-refractivity contribution in [3.63, 3.8) is 0 Å². The molecule has 2 aromatic heterocycles. The number of nitrogens with one attached hydrogen (secondary N) is 1. The van der Waals surface area contributed by atoms with E-state index in [1.54, 1.807) is 28.7 Å². The number of methoxy groups -OCH3 is 1. The van der Waals surface area contributed by atoms with E-state index in [-0.39, 0.29) is 12.6 Å². The van der Waals surface area contributed by atoms with Gasteiger partial charge in [-0.2, -0.15) is 0 Å². The lowest BCUT2D eigenvalue weighted by atomic mass is 10.5. The smallest absolute Gasteiger partial charge is 0.272 e. The van der Waals surface area contributed by atoms with Crippen LogP contribution in [0.25, 0.3) is 5.13 Å². The number of aromatic nitrogens is 3. The molecule has 0 aromatic carbocycles. The molecule has 0 aliphatic carbocycles. The maximum absolute atomic E-state index is 11.5. The molecule has 7 heteroatoms. The van der Waals surface area contributed by atoms with Crippen molar-refractivity contribution in [1.82, 2.24) is 19.9 Å². The van der Waals surface area contributed by atoms with Crippen LogP contribution in [0.15, 0.2) is 24.1 Å². The third kappa shape index (κ3) is 2.26. The van der Waals surface area contributed by atoms with E-state index < -0.39 is 0 Å². The highest BCUT2D eigenvalue weighted by Gasteiger charge is 2.10. The number of carbonyl (C=O) groups excluding carboxylic acids is 1. The number of thiazole rings is 1. The van der Waals surface area contributed by atoms with Crippen molar-refractivity contribution in [2.45, 2.75) is 0 Å². The van der Waals surface area contributed by atoms with Crippen LogP contribution < -0.4 is 5.32 Å². The minimum Gasteiger partial charge on any atom is -0.364 e. The summed E-state index contributed by atoms with van der Waals surface area (Å²) in [5.74, 6) is -0.246. The van der Waals surface area contributed by atoms with Gasteiger partial charge in [0.25, 0.3) is 5.91 Å². The van der Waals surface area contributed by atoms with Gasteiger partial charge in [-0.15, -0.1) is 11.3 Å². The van der Waals surface area contributed by atoms with E-state index in [1.807, 2.05) is 0 Å². The molecular formula is C9H10N4O2S. The normalized spacial score (nSPS) is 10.3. The molecule has 0 aliphatic heterocycles. The molecule has 0 aliphatic rings. The molecule has 2 heterocycles. The topological polar surface area (TPSA) is 69.0 Å². The molecule has 0 radical (unpaired) electrons. The van der Waals surface area contributed by atoms with Gasteiger partial charge in [-0.1, -0.05) is 0 Å². The minimum atomic E-state index is -0.246. The molecule has 6 nitrogen and oxygen atoms in total. The van der Waals surface area contributed by atoms with Gasteiger partial charge in [-0.3, -0.25) is 9.36 Å². The lowest BCUT2D eigenvalue weighted by Crippen LogP contribution is -2.25. The summed E-state index contributed by atoms with van der Waals surface area (Å²) >= 11 is 1.38. The zero-order valence-corrected chi connectivity index (χ0v) is 9.40. The summed E-state index contributed by atoms with van der Waals surface area (Å²) in [6.07, 6.45) is 5.07. The molecule has 2 aromatic rings. The Kier molecular flexibility index (Phi) is 3.28. The van der Waals surface area contributed by atoms with Crippen LogP contribution in [0.5, 0.6) is 0 Å². The number of carbonyl (C=O) groups is 1. The van der Waals surface area contributed by atoms with Crippen molar-refractivity contribution in [3.05, 3.63) is 29.8 Å². The first kappa shape index (κ1) is 10.8. The highest BCUT2D eigenvalue weighted by Crippen LogP contribution is 2.14. The maximum Gasteiger partial charge on any atom is 0.272 e. The van der Waals surface area contributed by atoms with Crippen LogP contribution in [0.2, 0.25) is 0 Å². The van der Waals surface area contributed by atoms with E-state index in [0.29, 0.717) is 10.8 Å². The lowest BCUT2D eigenvalue weighted by molar-refractivity contribution is 0.0868. The SMILES string of the molecule is COCNC(=O)c1csc(-n2ccnc2)n1. The lowest BCUT2D eigenvalue weighted by Gasteiger charge is -1.99. The third-order valence-corrected chi connectivity index (χ3v) is 2.68. The summed E-state index contributed by atoms with van der Waals surface area (Å²) in [6.45, 7) is 0.177. The fourth-order valence-corrected chi connectivity index (χ4v) is 1.85. The number of hydrogen-bond acceptors (Lipinski definition) is 5. The summed E-state index contributed by atoms with van der Waals surface area (Å²) in [5.41, 5.74) is 0.380. The number of nitrogens with zero attached hydrogens (tertiary/aromatic N) is 3. The Hall–Kier alpha value is -1.73. The van der Waals surface area contributed by atoms with Gasteiger partial charge in [-0.25, -0.2) is 9.97 Å². The van der Waals surface area contributed by atoms with Crippen molar-refractivity contribution in [3.8, 4) is 5.13 Å². The highest BCUT2D eigenvalue weighted by atomic mass is 32.1. The van der Waals surface area contributed by atoms with Gasteiger partial charge >= 0.3 is 0 Å². The number of rotatable bonds is 4. The zero-order valence-electron chi connectivity index (χ0n) is 8.58. The first-order valence-electron chi connectivity index (χ1n) is 4.52. The largest absolute Gasteiger partial charge is 0.364 e. The van der Waals surface area contributed by atoms with Gasteiger partial charge in [0.2, 0.25) is 0 Å². The van der Waals surface area contributed by atoms with E-state index in [2.05, 4.69) is 15.3 Å². The Balaban J connectivity index is 2.11. The molecule has 0 bridgehead atoms. The number of hydrogen-bond donors (Lipinski definition) is 1.